The Labute approximate surface area is 115 Å². The minimum Gasteiger partial charge on any atom is -0.365 e. The first-order valence-electron chi connectivity index (χ1n) is 6.92. The molecule has 0 saturated heterocycles. The van der Waals surface area contributed by atoms with Gasteiger partial charge in [-0.1, -0.05) is 27.7 Å². The third-order valence-electron chi connectivity index (χ3n) is 3.86. The van der Waals surface area contributed by atoms with Gasteiger partial charge in [-0.05, 0) is 37.0 Å². The lowest BCUT2D eigenvalue weighted by molar-refractivity contribution is 0.105. The predicted molar refractivity (Wildman–Crippen MR) is 75.6 cm³/mol. The fourth-order valence-corrected chi connectivity index (χ4v) is 3.70. The van der Waals surface area contributed by atoms with Crippen LogP contribution in [-0.4, -0.2) is 16.0 Å². The lowest BCUT2D eigenvalue weighted by Crippen LogP contribution is -2.40. The van der Waals surface area contributed by atoms with Crippen molar-refractivity contribution in [1.82, 2.24) is 9.97 Å². The highest BCUT2D eigenvalue weighted by Gasteiger charge is 2.38. The second-order valence-electron chi connectivity index (χ2n) is 7.38. The maximum absolute atomic E-state index is 14.0. The topological polar surface area (TPSA) is 37.8 Å². The normalized spacial score (nSPS) is 22.2. The van der Waals surface area contributed by atoms with Gasteiger partial charge in [0.2, 0.25) is 0 Å². The highest BCUT2D eigenvalue weighted by molar-refractivity contribution is 5.38. The Bertz CT molecular complexity index is 452. The second-order valence-corrected chi connectivity index (χ2v) is 7.38. The molecule has 1 heterocycles. The summed E-state index contributed by atoms with van der Waals surface area (Å²) in [4.78, 5) is 7.90. The summed E-state index contributed by atoms with van der Waals surface area (Å²) in [5, 5.41) is 3.28. The van der Waals surface area contributed by atoms with E-state index in [2.05, 4.69) is 43.0 Å². The van der Waals surface area contributed by atoms with Crippen molar-refractivity contribution < 1.29 is 4.39 Å². The predicted octanol–water partition coefficient (Wildman–Crippen LogP) is 3.94. The van der Waals surface area contributed by atoms with Crippen molar-refractivity contribution in [2.24, 2.45) is 10.8 Å². The van der Waals surface area contributed by atoms with Crippen LogP contribution in [0, 0.1) is 23.6 Å². The first-order chi connectivity index (χ1) is 8.69. The molecule has 0 radical (unpaired) electrons. The molecule has 0 atom stereocenters. The van der Waals surface area contributed by atoms with Crippen molar-refractivity contribution in [2.75, 3.05) is 5.32 Å². The Morgan fingerprint density at radius 3 is 2.32 bits per heavy atom. The molecule has 1 fully saturated rings. The van der Waals surface area contributed by atoms with Gasteiger partial charge in [0.25, 0.3) is 0 Å². The van der Waals surface area contributed by atoms with Gasteiger partial charge in [0, 0.05) is 6.04 Å². The van der Waals surface area contributed by atoms with Gasteiger partial charge in [-0.15, -0.1) is 0 Å². The molecule has 1 saturated carbocycles. The maximum Gasteiger partial charge on any atom is 0.186 e. The molecule has 3 nitrogen and oxygen atoms in total. The summed E-state index contributed by atoms with van der Waals surface area (Å²) in [6, 6.07) is 0.266. The first-order valence-corrected chi connectivity index (χ1v) is 6.92. The van der Waals surface area contributed by atoms with Crippen molar-refractivity contribution in [1.29, 1.82) is 0 Å². The van der Waals surface area contributed by atoms with Crippen LogP contribution < -0.4 is 5.32 Å². The van der Waals surface area contributed by atoms with Gasteiger partial charge >= 0.3 is 0 Å². The molecule has 0 spiro atoms. The molecule has 1 aliphatic carbocycles. The van der Waals surface area contributed by atoms with E-state index >= 15 is 0 Å². The van der Waals surface area contributed by atoms with Gasteiger partial charge < -0.3 is 5.32 Å². The van der Waals surface area contributed by atoms with E-state index in [1.807, 2.05) is 0 Å². The van der Waals surface area contributed by atoms with Crippen LogP contribution in [0.1, 0.15) is 52.7 Å². The molecule has 0 amide bonds. The molecule has 0 aliphatic heterocycles. The Balaban J connectivity index is 2.16. The van der Waals surface area contributed by atoms with Crippen LogP contribution in [-0.2, 0) is 0 Å². The van der Waals surface area contributed by atoms with Crippen molar-refractivity contribution in [3.8, 4) is 0 Å². The summed E-state index contributed by atoms with van der Waals surface area (Å²) in [5.41, 5.74) is 0.947. The molecule has 1 aromatic rings. The average molecular weight is 265 g/mol. The van der Waals surface area contributed by atoms with Crippen LogP contribution in [0.4, 0.5) is 10.2 Å². The standard InChI is InChI=1S/C15H24FN3/c1-10-12(16)13(18-9-17-10)19-11-6-14(2,3)8-15(4,5)7-11/h9,11H,6-8H2,1-5H3,(H,17,18,19). The molecule has 0 bridgehead atoms. The SMILES string of the molecule is Cc1ncnc(NC2CC(C)(C)CC(C)(C)C2)c1F. The lowest BCUT2D eigenvalue weighted by atomic mass is 9.63. The van der Waals surface area contributed by atoms with Crippen LogP contribution in [0.25, 0.3) is 0 Å². The molecular weight excluding hydrogens is 241 g/mol. The fraction of sp³-hybridized carbons (Fsp3) is 0.733. The van der Waals surface area contributed by atoms with Crippen molar-refractivity contribution in [2.45, 2.75) is 59.9 Å². The zero-order valence-electron chi connectivity index (χ0n) is 12.5. The van der Waals surface area contributed by atoms with Gasteiger partial charge in [0.15, 0.2) is 11.6 Å². The number of hydrogen-bond donors (Lipinski definition) is 1. The smallest absolute Gasteiger partial charge is 0.186 e. The summed E-state index contributed by atoms with van der Waals surface area (Å²) in [6.45, 7) is 10.8. The monoisotopic (exact) mass is 265 g/mol. The van der Waals surface area contributed by atoms with Crippen molar-refractivity contribution >= 4 is 5.82 Å². The molecule has 106 valence electrons. The number of aryl methyl sites for hydroxylation is 1. The summed E-state index contributed by atoms with van der Waals surface area (Å²) >= 11 is 0. The minimum absolute atomic E-state index is 0.266. The number of nitrogens with one attached hydrogen (secondary N) is 1. The van der Waals surface area contributed by atoms with E-state index < -0.39 is 0 Å². The molecule has 1 aromatic heterocycles. The van der Waals surface area contributed by atoms with E-state index in [0.717, 1.165) is 12.8 Å². The van der Waals surface area contributed by atoms with E-state index in [1.165, 1.54) is 12.7 Å². The Hall–Kier alpha value is -1.19. The van der Waals surface area contributed by atoms with Gasteiger partial charge in [-0.3, -0.25) is 0 Å². The molecule has 0 aromatic carbocycles. The Kier molecular flexibility index (Phi) is 3.54. The molecule has 0 unspecified atom stereocenters. The second kappa shape index (κ2) is 4.73. The van der Waals surface area contributed by atoms with Crippen LogP contribution in [0.15, 0.2) is 6.33 Å². The zero-order chi connectivity index (χ0) is 14.3. The van der Waals surface area contributed by atoms with Crippen molar-refractivity contribution in [3.05, 3.63) is 17.8 Å². The Morgan fingerprint density at radius 2 is 1.74 bits per heavy atom. The van der Waals surface area contributed by atoms with Gasteiger partial charge in [-0.2, -0.15) is 0 Å². The van der Waals surface area contributed by atoms with Gasteiger partial charge in [-0.25, -0.2) is 14.4 Å². The summed E-state index contributed by atoms with van der Waals surface area (Å²) in [6.07, 6.45) is 4.70. The minimum atomic E-state index is -0.330. The molecule has 1 N–H and O–H groups in total. The molecule has 4 heteroatoms. The number of nitrogens with zero attached hydrogens (tertiary/aromatic N) is 2. The number of rotatable bonds is 2. The van der Waals surface area contributed by atoms with Crippen LogP contribution >= 0.6 is 0 Å². The molecule has 19 heavy (non-hydrogen) atoms. The molecular formula is C15H24FN3. The third kappa shape index (κ3) is 3.43. The van der Waals surface area contributed by atoms with E-state index in [0.29, 0.717) is 11.5 Å². The summed E-state index contributed by atoms with van der Waals surface area (Å²) < 4.78 is 14.0. The van der Waals surface area contributed by atoms with E-state index in [-0.39, 0.29) is 22.7 Å². The number of hydrogen-bond acceptors (Lipinski definition) is 3. The molecule has 2 rings (SSSR count). The highest BCUT2D eigenvalue weighted by atomic mass is 19.1. The van der Waals surface area contributed by atoms with Crippen LogP contribution in [0.2, 0.25) is 0 Å². The quantitative estimate of drug-likeness (QED) is 0.880. The highest BCUT2D eigenvalue weighted by Crippen LogP contribution is 2.46. The van der Waals surface area contributed by atoms with E-state index in [9.17, 15) is 4.39 Å². The maximum atomic E-state index is 14.0. The van der Waals surface area contributed by atoms with Gasteiger partial charge in [0.1, 0.15) is 6.33 Å². The zero-order valence-corrected chi connectivity index (χ0v) is 12.5. The van der Waals surface area contributed by atoms with Crippen LogP contribution in [0.3, 0.4) is 0 Å². The first kappa shape index (κ1) is 14.2. The number of anilines is 1. The fourth-order valence-electron chi connectivity index (χ4n) is 3.70. The van der Waals surface area contributed by atoms with E-state index in [1.54, 1.807) is 6.92 Å². The average Bonchev–Trinajstić information content (AvgIpc) is 2.20. The van der Waals surface area contributed by atoms with E-state index in [4.69, 9.17) is 0 Å². The number of aromatic nitrogens is 2. The lowest BCUT2D eigenvalue weighted by Gasteiger charge is -2.45. The summed E-state index contributed by atoms with van der Waals surface area (Å²) in [5.74, 6) is 0.00897. The van der Waals surface area contributed by atoms with Crippen LogP contribution in [0.5, 0.6) is 0 Å². The third-order valence-corrected chi connectivity index (χ3v) is 3.86. The number of halogens is 1. The molecule has 1 aliphatic rings. The largest absolute Gasteiger partial charge is 0.365 e. The Morgan fingerprint density at radius 1 is 1.16 bits per heavy atom. The summed E-state index contributed by atoms with van der Waals surface area (Å²) in [7, 11) is 0. The van der Waals surface area contributed by atoms with Crippen molar-refractivity contribution in [3.63, 3.8) is 0 Å². The van der Waals surface area contributed by atoms with Gasteiger partial charge in [0.05, 0.1) is 5.69 Å².